The zero-order valence-corrected chi connectivity index (χ0v) is 13.8. The molecular weight excluding hydrogens is 248 g/mol. The number of carbonyl (C=O) groups excluding carboxylic acids is 1. The average molecular weight is 283 g/mol. The minimum atomic E-state index is -0.157. The van der Waals surface area contributed by atoms with Crippen molar-refractivity contribution in [3.8, 4) is 0 Å². The van der Waals surface area contributed by atoms with Crippen LogP contribution in [0.2, 0.25) is 0 Å². The first-order chi connectivity index (χ1) is 9.81. The molecule has 0 aliphatic heterocycles. The van der Waals surface area contributed by atoms with Crippen molar-refractivity contribution < 1.29 is 9.53 Å². The van der Waals surface area contributed by atoms with Gasteiger partial charge in [-0.05, 0) is 12.8 Å². The number of carbonyl (C=O) groups is 1. The first-order valence-corrected chi connectivity index (χ1v) is 8.81. The van der Waals surface area contributed by atoms with E-state index in [1.165, 1.54) is 70.6 Å². The van der Waals surface area contributed by atoms with Gasteiger partial charge in [0.25, 0.3) is 0 Å². The third-order valence-electron chi connectivity index (χ3n) is 3.61. The Hall–Kier alpha value is -0.530. The summed E-state index contributed by atoms with van der Waals surface area (Å²) >= 11 is 0. The highest BCUT2D eigenvalue weighted by molar-refractivity contribution is 5.78. The number of ether oxygens (including phenoxy) is 1. The summed E-state index contributed by atoms with van der Waals surface area (Å²) in [4.78, 5) is 11.1. The minimum Gasteiger partial charge on any atom is -0.465 e. The number of unbranched alkanes of at least 4 members (excludes halogenated alkanes) is 11. The second kappa shape index (κ2) is 16.5. The lowest BCUT2D eigenvalue weighted by Gasteiger charge is -2.04. The van der Waals surface area contributed by atoms with Crippen LogP contribution in [0.3, 0.4) is 0 Å². The quantitative estimate of drug-likeness (QED) is 0.278. The van der Waals surface area contributed by atoms with Crippen molar-refractivity contribution in [2.24, 2.45) is 0 Å². The molecule has 0 fully saturated rings. The number of esters is 1. The Balaban J connectivity index is 3.01. The van der Waals surface area contributed by atoms with Gasteiger partial charge in [-0.3, -0.25) is 4.79 Å². The molecule has 0 aliphatic rings. The van der Waals surface area contributed by atoms with Crippen molar-refractivity contribution in [1.82, 2.24) is 0 Å². The second-order valence-corrected chi connectivity index (χ2v) is 5.67. The number of rotatable bonds is 15. The Morgan fingerprint density at radius 2 is 1.20 bits per heavy atom. The second-order valence-electron chi connectivity index (χ2n) is 5.67. The molecule has 2 nitrogen and oxygen atoms in total. The maximum absolute atomic E-state index is 11.1. The van der Waals surface area contributed by atoms with Crippen LogP contribution in [-0.2, 0) is 9.53 Å². The van der Waals surface area contributed by atoms with Gasteiger partial charge in [0, 0.05) is 0 Å². The molecule has 20 heavy (non-hydrogen) atoms. The Kier molecular flexibility index (Phi) is 16.1. The van der Waals surface area contributed by atoms with E-state index in [4.69, 9.17) is 4.74 Å². The highest BCUT2D eigenvalue weighted by Gasteiger charge is 2.00. The Morgan fingerprint density at radius 1 is 0.750 bits per heavy atom. The largest absolute Gasteiger partial charge is 0.465 e. The van der Waals surface area contributed by atoms with Gasteiger partial charge in [0.2, 0.25) is 0 Å². The van der Waals surface area contributed by atoms with Gasteiger partial charge < -0.3 is 4.74 Å². The maximum atomic E-state index is 11.1. The SMILES string of the molecule is CC[CH]C(=O)OCCCCCCCCCCCCCC. The molecular formula is C18H35O2. The highest BCUT2D eigenvalue weighted by atomic mass is 16.5. The van der Waals surface area contributed by atoms with Gasteiger partial charge in [-0.25, -0.2) is 0 Å². The van der Waals surface area contributed by atoms with Crippen molar-refractivity contribution >= 4 is 5.97 Å². The molecule has 2 heteroatoms. The van der Waals surface area contributed by atoms with Crippen molar-refractivity contribution in [2.45, 2.75) is 97.3 Å². The monoisotopic (exact) mass is 283 g/mol. The summed E-state index contributed by atoms with van der Waals surface area (Å²) in [5.74, 6) is -0.157. The molecule has 0 aromatic heterocycles. The van der Waals surface area contributed by atoms with Crippen LogP contribution in [-0.4, -0.2) is 12.6 Å². The van der Waals surface area contributed by atoms with E-state index in [1.54, 1.807) is 6.42 Å². The van der Waals surface area contributed by atoms with E-state index >= 15 is 0 Å². The molecule has 1 radical (unpaired) electrons. The van der Waals surface area contributed by atoms with Gasteiger partial charge in [-0.15, -0.1) is 0 Å². The molecule has 0 aromatic carbocycles. The molecule has 0 unspecified atom stereocenters. The van der Waals surface area contributed by atoms with Crippen LogP contribution >= 0.6 is 0 Å². The third kappa shape index (κ3) is 15.5. The van der Waals surface area contributed by atoms with Crippen LogP contribution in [0.1, 0.15) is 97.3 Å². The number of hydrogen-bond acceptors (Lipinski definition) is 2. The molecule has 0 spiro atoms. The van der Waals surface area contributed by atoms with E-state index in [9.17, 15) is 4.79 Å². The van der Waals surface area contributed by atoms with Gasteiger partial charge in [0.05, 0.1) is 13.0 Å². The molecule has 0 amide bonds. The van der Waals surface area contributed by atoms with Crippen molar-refractivity contribution in [2.75, 3.05) is 6.61 Å². The normalized spacial score (nSPS) is 10.7. The summed E-state index contributed by atoms with van der Waals surface area (Å²) in [5.41, 5.74) is 0. The molecule has 0 atom stereocenters. The lowest BCUT2D eigenvalue weighted by molar-refractivity contribution is -0.139. The standard InChI is InChI=1S/C18H35O2/c1-3-5-6-7-8-9-10-11-12-13-14-15-17-20-18(19)16-4-2/h16H,3-15,17H2,1-2H3. The van der Waals surface area contributed by atoms with Crippen LogP contribution < -0.4 is 0 Å². The van der Waals surface area contributed by atoms with Crippen LogP contribution in [0.4, 0.5) is 0 Å². The first kappa shape index (κ1) is 19.5. The van der Waals surface area contributed by atoms with Gasteiger partial charge in [-0.1, -0.05) is 84.5 Å². The van der Waals surface area contributed by atoms with Crippen LogP contribution in [0.5, 0.6) is 0 Å². The summed E-state index contributed by atoms with van der Waals surface area (Å²) in [7, 11) is 0. The fourth-order valence-electron chi connectivity index (χ4n) is 2.34. The van der Waals surface area contributed by atoms with Crippen molar-refractivity contribution in [3.63, 3.8) is 0 Å². The Labute approximate surface area is 126 Å². The van der Waals surface area contributed by atoms with Gasteiger partial charge in [0.1, 0.15) is 0 Å². The topological polar surface area (TPSA) is 26.3 Å². The fourth-order valence-corrected chi connectivity index (χ4v) is 2.34. The number of hydrogen-bond donors (Lipinski definition) is 0. The Bertz CT molecular complexity index is 202. The minimum absolute atomic E-state index is 0.157. The molecule has 0 aromatic rings. The van der Waals surface area contributed by atoms with Crippen molar-refractivity contribution in [1.29, 1.82) is 0 Å². The highest BCUT2D eigenvalue weighted by Crippen LogP contribution is 2.11. The van der Waals surface area contributed by atoms with Gasteiger partial charge in [0.15, 0.2) is 0 Å². The van der Waals surface area contributed by atoms with E-state index in [2.05, 4.69) is 6.92 Å². The van der Waals surface area contributed by atoms with E-state index in [1.807, 2.05) is 6.92 Å². The van der Waals surface area contributed by atoms with Crippen molar-refractivity contribution in [3.05, 3.63) is 6.42 Å². The summed E-state index contributed by atoms with van der Waals surface area (Å²) < 4.78 is 5.08. The summed E-state index contributed by atoms with van der Waals surface area (Å²) in [6.45, 7) is 4.81. The zero-order valence-electron chi connectivity index (χ0n) is 13.8. The predicted molar refractivity (Wildman–Crippen MR) is 86.6 cm³/mol. The van der Waals surface area contributed by atoms with E-state index in [-0.39, 0.29) is 5.97 Å². The molecule has 0 heterocycles. The summed E-state index contributed by atoms with van der Waals surface area (Å²) in [6.07, 6.45) is 18.4. The van der Waals surface area contributed by atoms with E-state index in [0.29, 0.717) is 6.61 Å². The van der Waals surface area contributed by atoms with Crippen LogP contribution in [0.15, 0.2) is 0 Å². The lowest BCUT2D eigenvalue weighted by Crippen LogP contribution is -2.05. The summed E-state index contributed by atoms with van der Waals surface area (Å²) in [5, 5.41) is 0. The molecule has 0 saturated carbocycles. The maximum Gasteiger partial charge on any atom is 0.309 e. The predicted octanol–water partition coefficient (Wildman–Crippen LogP) is 5.84. The smallest absolute Gasteiger partial charge is 0.309 e. The molecule has 0 rings (SSSR count). The average Bonchev–Trinajstić information content (AvgIpc) is 2.44. The lowest BCUT2D eigenvalue weighted by atomic mass is 10.1. The fraction of sp³-hybridized carbons (Fsp3) is 0.889. The van der Waals surface area contributed by atoms with E-state index in [0.717, 1.165) is 12.8 Å². The molecule has 119 valence electrons. The van der Waals surface area contributed by atoms with Crippen LogP contribution in [0, 0.1) is 6.42 Å². The van der Waals surface area contributed by atoms with E-state index < -0.39 is 0 Å². The molecule has 0 aliphatic carbocycles. The molecule has 0 N–H and O–H groups in total. The van der Waals surface area contributed by atoms with Gasteiger partial charge in [-0.2, -0.15) is 0 Å². The first-order valence-electron chi connectivity index (χ1n) is 8.81. The van der Waals surface area contributed by atoms with Crippen LogP contribution in [0.25, 0.3) is 0 Å². The summed E-state index contributed by atoms with van der Waals surface area (Å²) in [6, 6.07) is 0. The molecule has 0 saturated heterocycles. The third-order valence-corrected chi connectivity index (χ3v) is 3.61. The Morgan fingerprint density at radius 3 is 1.65 bits per heavy atom. The molecule has 0 bridgehead atoms. The zero-order chi connectivity index (χ0) is 14.9. The van der Waals surface area contributed by atoms with Gasteiger partial charge >= 0.3 is 5.97 Å².